The van der Waals surface area contributed by atoms with Crippen molar-refractivity contribution in [2.24, 2.45) is 0 Å². The lowest BCUT2D eigenvalue weighted by Gasteiger charge is -2.32. The van der Waals surface area contributed by atoms with Crippen LogP contribution in [0.15, 0.2) is 29.0 Å². The maximum atomic E-state index is 12.8. The highest BCUT2D eigenvalue weighted by molar-refractivity contribution is 6.12. The zero-order valence-corrected chi connectivity index (χ0v) is 22.7. The fraction of sp³-hybridized carbons (Fsp3) is 0.500. The average molecular weight is 554 g/mol. The smallest absolute Gasteiger partial charge is 0.425 e. The quantitative estimate of drug-likeness (QED) is 0.484. The minimum atomic E-state index is -1.71. The Kier molecular flexibility index (Phi) is 6.82. The number of hydrogen-bond donors (Lipinski definition) is 2. The Balaban J connectivity index is 1.42. The summed E-state index contributed by atoms with van der Waals surface area (Å²) in [5.74, 6) is -0.0121. The third kappa shape index (κ3) is 5.01. The molecular weight excluding hydrogens is 522 g/mol. The molecule has 14 nitrogen and oxygen atoms in total. The molecule has 2 N–H and O–H groups in total. The van der Waals surface area contributed by atoms with E-state index in [1.54, 1.807) is 46.0 Å². The van der Waals surface area contributed by atoms with Gasteiger partial charge in [-0.25, -0.2) is 24.5 Å². The number of rotatable bonds is 4. The topological polar surface area (TPSA) is 175 Å². The Morgan fingerprint density at radius 3 is 2.67 bits per heavy atom. The van der Waals surface area contributed by atoms with Crippen LogP contribution in [0.1, 0.15) is 57.4 Å². The molecule has 0 spiro atoms. The number of amides is 3. The highest BCUT2D eigenvalue weighted by Gasteiger charge is 2.48. The Labute approximate surface area is 229 Å². The van der Waals surface area contributed by atoms with Gasteiger partial charge in [0.2, 0.25) is 5.60 Å². The Hall–Kier alpha value is -4.33. The highest BCUT2D eigenvalue weighted by Crippen LogP contribution is 2.36. The number of likely N-dealkylation sites (tertiary alicyclic amines) is 1. The number of likely N-dealkylation sites (N-methyl/N-ethyl adjacent to an activating group) is 1. The number of carbonyl (C=O) groups excluding carboxylic acids is 2. The molecule has 2 fully saturated rings. The second-order valence-corrected chi connectivity index (χ2v) is 11.1. The summed E-state index contributed by atoms with van der Waals surface area (Å²) in [5, 5.41) is 24.9. The fourth-order valence-electron chi connectivity index (χ4n) is 5.00. The number of aliphatic hydroxyl groups is 1. The molecule has 2 aliphatic heterocycles. The summed E-state index contributed by atoms with van der Waals surface area (Å²) in [5.41, 5.74) is -1.52. The summed E-state index contributed by atoms with van der Waals surface area (Å²) < 4.78 is 10.7. The molecule has 3 amide bonds. The van der Waals surface area contributed by atoms with Gasteiger partial charge in [0.15, 0.2) is 11.6 Å². The van der Waals surface area contributed by atoms with Gasteiger partial charge in [-0.15, -0.1) is 0 Å². The van der Waals surface area contributed by atoms with E-state index in [0.29, 0.717) is 41.6 Å². The molecule has 2 aliphatic rings. The van der Waals surface area contributed by atoms with E-state index in [-0.39, 0.29) is 29.4 Å². The van der Waals surface area contributed by atoms with Crippen molar-refractivity contribution in [1.82, 2.24) is 25.0 Å². The maximum absolute atomic E-state index is 12.8. The lowest BCUT2D eigenvalue weighted by molar-refractivity contribution is -0.144. The van der Waals surface area contributed by atoms with Crippen molar-refractivity contribution in [3.8, 4) is 0 Å². The first-order chi connectivity index (χ1) is 18.9. The number of anilines is 2. The second kappa shape index (κ2) is 10.0. The van der Waals surface area contributed by atoms with Gasteiger partial charge >= 0.3 is 12.2 Å². The number of nitrogens with zero attached hydrogens (tertiary/aromatic N) is 7. The van der Waals surface area contributed by atoms with Crippen LogP contribution in [0.3, 0.4) is 0 Å². The van der Waals surface area contributed by atoms with Crippen molar-refractivity contribution in [2.75, 3.05) is 36.5 Å². The predicted molar refractivity (Wildman–Crippen MR) is 141 cm³/mol. The Morgan fingerprint density at radius 1 is 1.23 bits per heavy atom. The van der Waals surface area contributed by atoms with Crippen molar-refractivity contribution >= 4 is 40.8 Å². The van der Waals surface area contributed by atoms with Crippen LogP contribution in [0, 0.1) is 0 Å². The van der Waals surface area contributed by atoms with E-state index in [4.69, 9.17) is 9.26 Å². The molecule has 2 atom stereocenters. The van der Waals surface area contributed by atoms with Crippen LogP contribution >= 0.6 is 0 Å². The molecule has 40 heavy (non-hydrogen) atoms. The molecule has 3 aromatic heterocycles. The Bertz CT molecular complexity index is 1470. The summed E-state index contributed by atoms with van der Waals surface area (Å²) in [6.45, 7) is 6.51. The van der Waals surface area contributed by atoms with E-state index in [9.17, 15) is 24.6 Å². The number of aromatic nitrogens is 4. The summed E-state index contributed by atoms with van der Waals surface area (Å²) in [6, 6.07) is 5.11. The first kappa shape index (κ1) is 27.2. The number of hydrogen-bond acceptors (Lipinski definition) is 11. The van der Waals surface area contributed by atoms with Crippen LogP contribution in [0.5, 0.6) is 0 Å². The van der Waals surface area contributed by atoms with Crippen molar-refractivity contribution in [2.45, 2.75) is 57.2 Å². The second-order valence-electron chi connectivity index (χ2n) is 11.1. The van der Waals surface area contributed by atoms with Crippen LogP contribution in [0.4, 0.5) is 21.2 Å². The first-order valence-electron chi connectivity index (χ1n) is 12.9. The average Bonchev–Trinajstić information content (AvgIpc) is 3.50. The van der Waals surface area contributed by atoms with Gasteiger partial charge in [0.1, 0.15) is 23.3 Å². The molecule has 0 aliphatic carbocycles. The van der Waals surface area contributed by atoms with Crippen LogP contribution in [0.25, 0.3) is 11.0 Å². The molecule has 0 aromatic carbocycles. The van der Waals surface area contributed by atoms with Crippen molar-refractivity contribution in [1.29, 1.82) is 0 Å². The van der Waals surface area contributed by atoms with E-state index in [1.807, 2.05) is 4.90 Å². The third-order valence-corrected chi connectivity index (χ3v) is 7.04. The van der Waals surface area contributed by atoms with Gasteiger partial charge in [-0.3, -0.25) is 4.79 Å². The highest BCUT2D eigenvalue weighted by atomic mass is 16.6. The number of imide groups is 1. The molecule has 5 rings (SSSR count). The molecule has 5 heterocycles. The molecule has 0 saturated carbocycles. The molecule has 212 valence electrons. The largest absolute Gasteiger partial charge is 0.464 e. The molecule has 2 saturated heterocycles. The summed E-state index contributed by atoms with van der Waals surface area (Å²) in [6.07, 6.45) is 0.350. The molecule has 14 heteroatoms. The summed E-state index contributed by atoms with van der Waals surface area (Å²) in [7, 11) is 1.63. The number of fused-ring (bicyclic) bond motifs is 1. The minimum Gasteiger partial charge on any atom is -0.464 e. The molecule has 2 unspecified atom stereocenters. The molecular formula is C26H31N7O7. The van der Waals surface area contributed by atoms with E-state index in [0.717, 1.165) is 12.8 Å². The number of carbonyl (C=O) groups is 3. The summed E-state index contributed by atoms with van der Waals surface area (Å²) >= 11 is 0. The number of pyridine rings is 1. The van der Waals surface area contributed by atoms with Crippen LogP contribution in [-0.4, -0.2) is 85.6 Å². The number of ether oxygens (including phenoxy) is 1. The standard InChI is InChI=1S/C26H31N7O7/c1-25(2,3)39-24(37)33(23(35)36)21-20-16(27-14-28-21)7-8-19(29-20)32-10-5-6-15(13-32)17-12-18(40-30-17)26(38)9-11-31(4)22(26)34/h7-8,12,14-15,38H,5-6,9-11,13H2,1-4H3,(H,35,36). The maximum Gasteiger partial charge on any atom is 0.425 e. The lowest BCUT2D eigenvalue weighted by atomic mass is 9.92. The number of carboxylic acid groups (broad SMARTS) is 1. The molecule has 0 bridgehead atoms. The van der Waals surface area contributed by atoms with Gasteiger partial charge in [-0.2, -0.15) is 4.90 Å². The Morgan fingerprint density at radius 2 is 2.00 bits per heavy atom. The van der Waals surface area contributed by atoms with Gasteiger partial charge in [-0.05, 0) is 45.7 Å². The minimum absolute atomic E-state index is 0.0645. The zero-order valence-electron chi connectivity index (χ0n) is 22.7. The monoisotopic (exact) mass is 553 g/mol. The SMILES string of the molecule is CN1CCC(O)(c2cc(C3CCCN(c4ccc5ncnc(N(C(=O)O)C(=O)OC(C)(C)C)c5n4)C3)no2)C1=O. The van der Waals surface area contributed by atoms with Crippen LogP contribution < -0.4 is 9.80 Å². The van der Waals surface area contributed by atoms with Gasteiger partial charge in [0, 0.05) is 45.1 Å². The van der Waals surface area contributed by atoms with Crippen LogP contribution in [0.2, 0.25) is 0 Å². The van der Waals surface area contributed by atoms with E-state index < -0.39 is 29.3 Å². The normalized spacial score (nSPS) is 21.6. The lowest BCUT2D eigenvalue weighted by Crippen LogP contribution is -2.41. The third-order valence-electron chi connectivity index (χ3n) is 7.04. The van der Waals surface area contributed by atoms with E-state index in [2.05, 4.69) is 20.1 Å². The van der Waals surface area contributed by atoms with E-state index in [1.165, 1.54) is 11.2 Å². The van der Waals surface area contributed by atoms with Crippen molar-refractivity contribution in [3.63, 3.8) is 0 Å². The van der Waals surface area contributed by atoms with Crippen LogP contribution in [-0.2, 0) is 15.1 Å². The summed E-state index contributed by atoms with van der Waals surface area (Å²) in [4.78, 5) is 54.1. The van der Waals surface area contributed by atoms with Gasteiger partial charge in [0.05, 0.1) is 11.2 Å². The fourth-order valence-corrected chi connectivity index (χ4v) is 5.00. The first-order valence-corrected chi connectivity index (χ1v) is 12.9. The molecule has 0 radical (unpaired) electrons. The molecule has 3 aromatic rings. The van der Waals surface area contributed by atoms with Gasteiger partial charge < -0.3 is 29.3 Å². The van der Waals surface area contributed by atoms with E-state index >= 15 is 0 Å². The zero-order chi connectivity index (χ0) is 28.8. The predicted octanol–water partition coefficient (Wildman–Crippen LogP) is 2.87. The van der Waals surface area contributed by atoms with Gasteiger partial charge in [0.25, 0.3) is 5.91 Å². The van der Waals surface area contributed by atoms with Crippen molar-refractivity contribution in [3.05, 3.63) is 36.0 Å². The van der Waals surface area contributed by atoms with Crippen molar-refractivity contribution < 1.29 is 33.9 Å². The number of piperidine rings is 1. The van der Waals surface area contributed by atoms with Gasteiger partial charge in [-0.1, -0.05) is 5.16 Å².